The van der Waals surface area contributed by atoms with E-state index in [2.05, 4.69) is 11.1 Å². The third-order valence-corrected chi connectivity index (χ3v) is 6.85. The Kier molecular flexibility index (Phi) is 6.78. The highest BCUT2D eigenvalue weighted by molar-refractivity contribution is 6.30. The van der Waals surface area contributed by atoms with Crippen LogP contribution in [0, 0.1) is 11.3 Å². The lowest BCUT2D eigenvalue weighted by atomic mass is 9.74. The summed E-state index contributed by atoms with van der Waals surface area (Å²) in [6.07, 6.45) is 3.15. The van der Waals surface area contributed by atoms with E-state index in [-0.39, 0.29) is 12.3 Å². The van der Waals surface area contributed by atoms with Gasteiger partial charge in [0, 0.05) is 30.7 Å². The predicted octanol–water partition coefficient (Wildman–Crippen LogP) is 4.84. The first-order chi connectivity index (χ1) is 16.0. The minimum absolute atomic E-state index is 0.0142. The lowest BCUT2D eigenvalue weighted by Gasteiger charge is -2.39. The molecule has 2 aromatic carbocycles. The Balaban J connectivity index is 1.47. The van der Waals surface area contributed by atoms with Gasteiger partial charge in [0.1, 0.15) is 5.41 Å². The fourth-order valence-corrected chi connectivity index (χ4v) is 4.69. The second-order valence-corrected chi connectivity index (χ2v) is 8.95. The number of nitrogens with zero attached hydrogens (tertiary/aromatic N) is 3. The molecule has 0 spiro atoms. The summed E-state index contributed by atoms with van der Waals surface area (Å²) >= 11 is 5.97. The zero-order valence-corrected chi connectivity index (χ0v) is 19.1. The number of carbonyl (C=O) groups is 1. The number of likely N-dealkylation sites (tertiary alicyclic amines) is 1. The molecule has 2 heterocycles. The van der Waals surface area contributed by atoms with Gasteiger partial charge in [0.25, 0.3) is 0 Å². The minimum atomic E-state index is -1.00. The first-order valence-electron chi connectivity index (χ1n) is 11.1. The van der Waals surface area contributed by atoms with Crippen molar-refractivity contribution < 1.29 is 9.90 Å². The molecule has 6 heteroatoms. The van der Waals surface area contributed by atoms with Gasteiger partial charge in [0.2, 0.25) is 5.91 Å². The van der Waals surface area contributed by atoms with Crippen LogP contribution in [0.25, 0.3) is 0 Å². The number of carbonyl (C=O) groups excluding carboxylic acids is 1. The summed E-state index contributed by atoms with van der Waals surface area (Å²) in [5.41, 5.74) is 0.326. The molecule has 1 N–H and O–H groups in total. The average molecular weight is 460 g/mol. The largest absolute Gasteiger partial charge is 0.385 e. The van der Waals surface area contributed by atoms with Gasteiger partial charge < -0.3 is 10.0 Å². The molecule has 1 fully saturated rings. The molecule has 0 bridgehead atoms. The Morgan fingerprint density at radius 1 is 1.06 bits per heavy atom. The summed E-state index contributed by atoms with van der Waals surface area (Å²) in [5.74, 6) is -0.0142. The molecule has 0 saturated carbocycles. The topological polar surface area (TPSA) is 77.2 Å². The van der Waals surface area contributed by atoms with Crippen molar-refractivity contribution in [1.29, 1.82) is 5.26 Å². The van der Waals surface area contributed by atoms with Crippen LogP contribution in [0.3, 0.4) is 0 Å². The average Bonchev–Trinajstić information content (AvgIpc) is 2.87. The van der Waals surface area contributed by atoms with E-state index in [0.29, 0.717) is 43.1 Å². The number of rotatable bonds is 6. The molecule has 5 nitrogen and oxygen atoms in total. The number of nitriles is 1. The molecule has 4 rings (SSSR count). The molecule has 1 aliphatic heterocycles. The first-order valence-corrected chi connectivity index (χ1v) is 11.5. The van der Waals surface area contributed by atoms with Gasteiger partial charge in [-0.1, -0.05) is 60.1 Å². The van der Waals surface area contributed by atoms with Gasteiger partial charge >= 0.3 is 0 Å². The number of aliphatic hydroxyl groups is 1. The van der Waals surface area contributed by atoms with E-state index >= 15 is 0 Å². The number of halogens is 1. The van der Waals surface area contributed by atoms with Gasteiger partial charge in [-0.25, -0.2) is 0 Å². The lowest BCUT2D eigenvalue weighted by molar-refractivity contribution is -0.136. The fourth-order valence-electron chi connectivity index (χ4n) is 4.56. The molecule has 0 aliphatic carbocycles. The summed E-state index contributed by atoms with van der Waals surface area (Å²) < 4.78 is 0. The van der Waals surface area contributed by atoms with Gasteiger partial charge in [-0.2, -0.15) is 5.26 Å². The third kappa shape index (κ3) is 4.78. The minimum Gasteiger partial charge on any atom is -0.385 e. The number of piperidine rings is 1. The molecule has 0 radical (unpaired) electrons. The van der Waals surface area contributed by atoms with E-state index in [0.717, 1.165) is 11.1 Å². The number of hydrogen-bond donors (Lipinski definition) is 1. The van der Waals surface area contributed by atoms with E-state index in [1.165, 1.54) is 0 Å². The summed E-state index contributed by atoms with van der Waals surface area (Å²) in [7, 11) is 0. The SMILES string of the molecule is N#CC(CCC(=O)N1CCC(O)(c2ccc(Cl)cc2)CC1)(c1ccccc1)c1ccccn1. The molecule has 168 valence electrons. The monoisotopic (exact) mass is 459 g/mol. The Morgan fingerprint density at radius 3 is 2.33 bits per heavy atom. The van der Waals surface area contributed by atoms with Crippen LogP contribution in [0.1, 0.15) is 42.5 Å². The second kappa shape index (κ2) is 9.74. The van der Waals surface area contributed by atoms with Crippen LogP contribution in [0.4, 0.5) is 0 Å². The summed E-state index contributed by atoms with van der Waals surface area (Å²) in [6, 6.07) is 24.7. The standard InChI is InChI=1S/C27H26ClN3O2/c28-23-11-9-22(10-12-23)27(33)15-18-31(19-16-27)25(32)13-14-26(20-29,21-6-2-1-3-7-21)24-8-4-5-17-30-24/h1-12,17,33H,13-16,18-19H2. The number of benzene rings is 2. The van der Waals surface area contributed by atoms with Gasteiger partial charge in [0.15, 0.2) is 0 Å². The van der Waals surface area contributed by atoms with Crippen LogP contribution in [-0.2, 0) is 15.8 Å². The van der Waals surface area contributed by atoms with E-state index in [4.69, 9.17) is 11.6 Å². The lowest BCUT2D eigenvalue weighted by Crippen LogP contribution is -2.45. The molecular weight excluding hydrogens is 434 g/mol. The summed E-state index contributed by atoms with van der Waals surface area (Å²) in [4.78, 5) is 19.4. The van der Waals surface area contributed by atoms with Gasteiger partial charge in [0.05, 0.1) is 17.4 Å². The number of hydrogen-bond acceptors (Lipinski definition) is 4. The zero-order valence-electron chi connectivity index (χ0n) is 18.3. The van der Waals surface area contributed by atoms with Crippen LogP contribution in [0.2, 0.25) is 5.02 Å². The van der Waals surface area contributed by atoms with Gasteiger partial charge in [-0.15, -0.1) is 0 Å². The van der Waals surface area contributed by atoms with Gasteiger partial charge in [-0.05, 0) is 54.7 Å². The van der Waals surface area contributed by atoms with Crippen molar-refractivity contribution in [3.05, 3.63) is 101 Å². The Bertz CT molecular complexity index is 1080. The Labute approximate surface area is 199 Å². The van der Waals surface area contributed by atoms with E-state index < -0.39 is 11.0 Å². The van der Waals surface area contributed by atoms with E-state index in [1.807, 2.05) is 60.7 Å². The Hall–Kier alpha value is -3.20. The van der Waals surface area contributed by atoms with Crippen molar-refractivity contribution in [3.63, 3.8) is 0 Å². The predicted molar refractivity (Wildman–Crippen MR) is 127 cm³/mol. The second-order valence-electron chi connectivity index (χ2n) is 8.52. The van der Waals surface area contributed by atoms with E-state index in [1.54, 1.807) is 23.2 Å². The first kappa shape index (κ1) is 23.0. The zero-order chi connectivity index (χ0) is 23.3. The van der Waals surface area contributed by atoms with Crippen molar-refractivity contribution >= 4 is 17.5 Å². The molecular formula is C27H26ClN3O2. The molecule has 1 saturated heterocycles. The quantitative estimate of drug-likeness (QED) is 0.572. The number of amides is 1. The molecule has 1 atom stereocenters. The van der Waals surface area contributed by atoms with Crippen molar-refractivity contribution in [3.8, 4) is 6.07 Å². The molecule has 33 heavy (non-hydrogen) atoms. The normalized spacial score (nSPS) is 17.1. The van der Waals surface area contributed by atoms with Crippen LogP contribution in [-0.4, -0.2) is 34.0 Å². The smallest absolute Gasteiger partial charge is 0.222 e. The molecule has 1 aliphatic rings. The highest BCUT2D eigenvalue weighted by Gasteiger charge is 2.39. The maximum Gasteiger partial charge on any atom is 0.222 e. The Morgan fingerprint density at radius 2 is 1.73 bits per heavy atom. The third-order valence-electron chi connectivity index (χ3n) is 6.60. The molecule has 1 amide bonds. The maximum atomic E-state index is 13.1. The van der Waals surface area contributed by atoms with Crippen molar-refractivity contribution in [2.75, 3.05) is 13.1 Å². The molecule has 3 aromatic rings. The van der Waals surface area contributed by atoms with Crippen LogP contribution in [0.5, 0.6) is 0 Å². The van der Waals surface area contributed by atoms with Crippen molar-refractivity contribution in [2.24, 2.45) is 0 Å². The van der Waals surface area contributed by atoms with Crippen LogP contribution >= 0.6 is 11.6 Å². The molecule has 1 unspecified atom stereocenters. The van der Waals surface area contributed by atoms with Crippen molar-refractivity contribution in [1.82, 2.24) is 9.88 Å². The highest BCUT2D eigenvalue weighted by Crippen LogP contribution is 2.37. The maximum absolute atomic E-state index is 13.1. The highest BCUT2D eigenvalue weighted by atomic mass is 35.5. The number of pyridine rings is 1. The van der Waals surface area contributed by atoms with Crippen molar-refractivity contribution in [2.45, 2.75) is 36.7 Å². The van der Waals surface area contributed by atoms with Crippen LogP contribution < -0.4 is 0 Å². The van der Waals surface area contributed by atoms with Gasteiger partial charge in [-0.3, -0.25) is 9.78 Å². The van der Waals surface area contributed by atoms with E-state index in [9.17, 15) is 15.2 Å². The summed E-state index contributed by atoms with van der Waals surface area (Å²) in [6.45, 7) is 0.929. The summed E-state index contributed by atoms with van der Waals surface area (Å²) in [5, 5.41) is 22.0. The number of aromatic nitrogens is 1. The molecule has 1 aromatic heterocycles. The fraction of sp³-hybridized carbons (Fsp3) is 0.296. The van der Waals surface area contributed by atoms with Crippen LogP contribution in [0.15, 0.2) is 79.0 Å².